The van der Waals surface area contributed by atoms with Gasteiger partial charge in [-0.1, -0.05) is 12.1 Å². The lowest BCUT2D eigenvalue weighted by Gasteiger charge is -2.11. The highest BCUT2D eigenvalue weighted by Crippen LogP contribution is 2.04. The molecule has 0 spiro atoms. The van der Waals surface area contributed by atoms with Gasteiger partial charge in [0.15, 0.2) is 0 Å². The van der Waals surface area contributed by atoms with Crippen LogP contribution in [0.4, 0.5) is 9.18 Å². The van der Waals surface area contributed by atoms with E-state index in [-0.39, 0.29) is 12.2 Å². The topological polar surface area (TPSA) is 63.4 Å². The summed E-state index contributed by atoms with van der Waals surface area (Å²) in [5.74, 6) is -0.788. The molecule has 3 amide bonds. The zero-order valence-electron chi connectivity index (χ0n) is 8.24. The molecule has 1 aromatic carbocycles. The number of imide groups is 1. The number of hydrogen-bond acceptors (Lipinski definition) is 2. The van der Waals surface area contributed by atoms with Gasteiger partial charge in [-0.3, -0.25) is 9.69 Å². The van der Waals surface area contributed by atoms with Crippen LogP contribution in [0.3, 0.4) is 0 Å². The smallest absolute Gasteiger partial charge is 0.321 e. The molecule has 0 heterocycles. The number of hydrogen-bond donors (Lipinski definition) is 1. The maximum Gasteiger partial charge on any atom is 0.321 e. The standard InChI is InChI=1S/C10H11FN2O2/c1-13(10(12)15)9(14)6-7-2-4-8(11)5-3-7/h2-5H,6H2,1H3,(H2,12,15). The van der Waals surface area contributed by atoms with Gasteiger partial charge in [0.2, 0.25) is 5.91 Å². The van der Waals surface area contributed by atoms with Gasteiger partial charge in [0.05, 0.1) is 6.42 Å². The first-order valence-electron chi connectivity index (χ1n) is 4.31. The van der Waals surface area contributed by atoms with Crippen LogP contribution in [0.25, 0.3) is 0 Å². The summed E-state index contributed by atoms with van der Waals surface area (Å²) in [6.45, 7) is 0. The number of primary amides is 1. The van der Waals surface area contributed by atoms with Gasteiger partial charge in [-0.15, -0.1) is 0 Å². The molecule has 0 radical (unpaired) electrons. The summed E-state index contributed by atoms with van der Waals surface area (Å²) >= 11 is 0. The van der Waals surface area contributed by atoms with E-state index in [4.69, 9.17) is 5.73 Å². The van der Waals surface area contributed by atoms with Crippen molar-refractivity contribution >= 4 is 11.9 Å². The molecule has 1 rings (SSSR count). The first kappa shape index (κ1) is 11.2. The fourth-order valence-electron chi connectivity index (χ4n) is 1.02. The minimum atomic E-state index is -0.804. The summed E-state index contributed by atoms with van der Waals surface area (Å²) in [6.07, 6.45) is 0.0275. The zero-order chi connectivity index (χ0) is 11.4. The summed E-state index contributed by atoms with van der Waals surface area (Å²) in [7, 11) is 1.30. The molecule has 0 unspecified atom stereocenters. The van der Waals surface area contributed by atoms with Gasteiger partial charge in [0.25, 0.3) is 0 Å². The molecule has 0 saturated carbocycles. The third-order valence-corrected chi connectivity index (χ3v) is 1.97. The highest BCUT2D eigenvalue weighted by Gasteiger charge is 2.13. The number of nitrogens with zero attached hydrogens (tertiary/aromatic N) is 1. The number of carbonyl (C=O) groups excluding carboxylic acids is 2. The summed E-state index contributed by atoms with van der Waals surface area (Å²) < 4.78 is 12.5. The summed E-state index contributed by atoms with van der Waals surface area (Å²) in [5.41, 5.74) is 5.55. The van der Waals surface area contributed by atoms with Gasteiger partial charge in [0, 0.05) is 7.05 Å². The van der Waals surface area contributed by atoms with Gasteiger partial charge in [-0.05, 0) is 17.7 Å². The van der Waals surface area contributed by atoms with Crippen molar-refractivity contribution in [1.29, 1.82) is 0 Å². The summed E-state index contributed by atoms with van der Waals surface area (Å²) in [5, 5.41) is 0. The molecule has 80 valence electrons. The van der Waals surface area contributed by atoms with Crippen LogP contribution < -0.4 is 5.73 Å². The second kappa shape index (κ2) is 4.54. The van der Waals surface area contributed by atoms with Gasteiger partial charge in [-0.2, -0.15) is 0 Å². The molecule has 1 aromatic rings. The maximum absolute atomic E-state index is 12.5. The van der Waals surface area contributed by atoms with E-state index in [0.29, 0.717) is 5.56 Å². The monoisotopic (exact) mass is 210 g/mol. The van der Waals surface area contributed by atoms with Gasteiger partial charge >= 0.3 is 6.03 Å². The fraction of sp³-hybridized carbons (Fsp3) is 0.200. The Balaban J connectivity index is 2.66. The molecule has 0 fully saturated rings. The predicted octanol–water partition coefficient (Wildman–Crippen LogP) is 0.905. The van der Waals surface area contributed by atoms with Crippen LogP contribution in [0, 0.1) is 5.82 Å². The highest BCUT2D eigenvalue weighted by atomic mass is 19.1. The Morgan fingerprint density at radius 1 is 1.33 bits per heavy atom. The molecule has 0 bridgehead atoms. The summed E-state index contributed by atoms with van der Waals surface area (Å²) in [6, 6.07) is 4.69. The number of rotatable bonds is 2. The Labute approximate surface area is 86.5 Å². The molecule has 0 aliphatic heterocycles. The van der Waals surface area contributed by atoms with Crippen molar-refractivity contribution in [2.45, 2.75) is 6.42 Å². The Morgan fingerprint density at radius 2 is 1.87 bits per heavy atom. The van der Waals surface area contributed by atoms with Crippen LogP contribution in [-0.2, 0) is 11.2 Å². The van der Waals surface area contributed by atoms with Crippen LogP contribution >= 0.6 is 0 Å². The van der Waals surface area contributed by atoms with Crippen LogP contribution in [0.15, 0.2) is 24.3 Å². The lowest BCUT2D eigenvalue weighted by atomic mass is 10.1. The van der Waals surface area contributed by atoms with Crippen molar-refractivity contribution in [1.82, 2.24) is 4.90 Å². The number of halogens is 1. The second-order valence-electron chi connectivity index (χ2n) is 3.09. The first-order valence-corrected chi connectivity index (χ1v) is 4.31. The Hall–Kier alpha value is -1.91. The SMILES string of the molecule is CN(C(N)=O)C(=O)Cc1ccc(F)cc1. The lowest BCUT2D eigenvalue weighted by Crippen LogP contribution is -2.38. The second-order valence-corrected chi connectivity index (χ2v) is 3.09. The quantitative estimate of drug-likeness (QED) is 0.788. The number of nitrogens with two attached hydrogens (primary N) is 1. The number of urea groups is 1. The van der Waals surface area contributed by atoms with Crippen LogP contribution in [-0.4, -0.2) is 23.9 Å². The Morgan fingerprint density at radius 3 is 2.33 bits per heavy atom. The average Bonchev–Trinajstić information content (AvgIpc) is 2.20. The molecule has 0 saturated heterocycles. The average molecular weight is 210 g/mol. The molecule has 0 aliphatic rings. The van der Waals surface area contributed by atoms with Gasteiger partial charge < -0.3 is 5.73 Å². The first-order chi connectivity index (χ1) is 7.00. The van der Waals surface area contributed by atoms with E-state index in [1.165, 1.54) is 31.3 Å². The maximum atomic E-state index is 12.5. The van der Waals surface area contributed by atoms with Crippen molar-refractivity contribution < 1.29 is 14.0 Å². The van der Waals surface area contributed by atoms with E-state index < -0.39 is 11.9 Å². The minimum Gasteiger partial charge on any atom is -0.351 e. The van der Waals surface area contributed by atoms with Crippen molar-refractivity contribution in [2.75, 3.05) is 7.05 Å². The number of likely N-dealkylation sites (N-methyl/N-ethyl adjacent to an activating group) is 1. The third-order valence-electron chi connectivity index (χ3n) is 1.97. The van der Waals surface area contributed by atoms with E-state index in [0.717, 1.165) is 4.90 Å². The molecule has 4 nitrogen and oxygen atoms in total. The molecule has 0 atom stereocenters. The molecular weight excluding hydrogens is 199 g/mol. The number of amides is 3. The number of carbonyl (C=O) groups is 2. The molecule has 2 N–H and O–H groups in total. The minimum absolute atomic E-state index is 0.0275. The van der Waals surface area contributed by atoms with Crippen molar-refractivity contribution in [3.05, 3.63) is 35.6 Å². The van der Waals surface area contributed by atoms with Crippen molar-refractivity contribution in [3.8, 4) is 0 Å². The van der Waals surface area contributed by atoms with Crippen LogP contribution in [0.5, 0.6) is 0 Å². The van der Waals surface area contributed by atoms with E-state index in [1.807, 2.05) is 0 Å². The van der Waals surface area contributed by atoms with Crippen LogP contribution in [0.1, 0.15) is 5.56 Å². The number of benzene rings is 1. The molecular formula is C10H11FN2O2. The van der Waals surface area contributed by atoms with Crippen molar-refractivity contribution in [2.24, 2.45) is 5.73 Å². The van der Waals surface area contributed by atoms with Crippen molar-refractivity contribution in [3.63, 3.8) is 0 Å². The molecule has 15 heavy (non-hydrogen) atoms. The zero-order valence-corrected chi connectivity index (χ0v) is 8.24. The molecule has 0 aliphatic carbocycles. The van der Waals surface area contributed by atoms with Gasteiger partial charge in [0.1, 0.15) is 5.82 Å². The Kier molecular flexibility index (Phi) is 3.38. The van der Waals surface area contributed by atoms with E-state index >= 15 is 0 Å². The van der Waals surface area contributed by atoms with E-state index in [1.54, 1.807) is 0 Å². The third kappa shape index (κ3) is 3.05. The van der Waals surface area contributed by atoms with E-state index in [9.17, 15) is 14.0 Å². The highest BCUT2D eigenvalue weighted by molar-refractivity contribution is 5.94. The predicted molar refractivity (Wildman–Crippen MR) is 52.5 cm³/mol. The molecule has 0 aromatic heterocycles. The normalized spacial score (nSPS) is 9.73. The van der Waals surface area contributed by atoms with Gasteiger partial charge in [-0.25, -0.2) is 9.18 Å². The fourth-order valence-corrected chi connectivity index (χ4v) is 1.02. The lowest BCUT2D eigenvalue weighted by molar-refractivity contribution is -0.126. The Bertz CT molecular complexity index is 376. The summed E-state index contributed by atoms with van der Waals surface area (Å²) in [4.78, 5) is 22.8. The molecule has 5 heteroatoms. The van der Waals surface area contributed by atoms with E-state index in [2.05, 4.69) is 0 Å². The van der Waals surface area contributed by atoms with Crippen LogP contribution in [0.2, 0.25) is 0 Å². The largest absolute Gasteiger partial charge is 0.351 e.